The Hall–Kier alpha value is 0.240. The normalized spacial score (nSPS) is 17.1. The fourth-order valence-electron chi connectivity index (χ4n) is 0.686. The predicted molar refractivity (Wildman–Crippen MR) is 48.8 cm³/mol. The topological polar surface area (TPSA) is 35.2 Å². The van der Waals surface area contributed by atoms with Gasteiger partial charge >= 0.3 is 0 Å². The van der Waals surface area contributed by atoms with E-state index >= 15 is 0 Å². The van der Waals surface area contributed by atoms with E-state index < -0.39 is 0 Å². The van der Waals surface area contributed by atoms with Crippen molar-refractivity contribution in [3.8, 4) is 0 Å². The zero-order chi connectivity index (χ0) is 8.69. The van der Waals surface area contributed by atoms with Gasteiger partial charge in [0.1, 0.15) is 0 Å². The molecule has 0 spiro atoms. The minimum Gasteiger partial charge on any atom is -0.304 e. The monoisotopic (exact) mass is 197 g/mol. The zero-order valence-corrected chi connectivity index (χ0v) is 7.98. The van der Waals surface area contributed by atoms with Gasteiger partial charge in [-0.2, -0.15) is 0 Å². The molecule has 4 heteroatoms. The van der Waals surface area contributed by atoms with Crippen molar-refractivity contribution in [3.63, 3.8) is 0 Å². The molecule has 0 bridgehead atoms. The first-order valence-electron chi connectivity index (χ1n) is 3.40. The molecule has 0 aliphatic rings. The van der Waals surface area contributed by atoms with Gasteiger partial charge in [-0.05, 0) is 6.92 Å². The summed E-state index contributed by atoms with van der Waals surface area (Å²) < 4.78 is 0. The van der Waals surface area contributed by atoms with Crippen LogP contribution in [0.15, 0.2) is 12.2 Å². The van der Waals surface area contributed by atoms with E-state index in [9.17, 15) is 0 Å². The zero-order valence-electron chi connectivity index (χ0n) is 6.47. The van der Waals surface area contributed by atoms with Crippen molar-refractivity contribution in [1.82, 2.24) is 0 Å². The minimum absolute atomic E-state index is 0.0829. The van der Waals surface area contributed by atoms with E-state index in [2.05, 4.69) is 4.84 Å². The van der Waals surface area contributed by atoms with E-state index in [1.54, 1.807) is 0 Å². The predicted octanol–water partition coefficient (Wildman–Crippen LogP) is 1.92. The lowest BCUT2D eigenvalue weighted by molar-refractivity contribution is 0.110. The number of hydrogen-bond acceptors (Lipinski definition) is 2. The molecular weight excluding hydrogens is 185 g/mol. The Balaban J connectivity index is 3.80. The van der Waals surface area contributed by atoms with Gasteiger partial charge in [0, 0.05) is 11.8 Å². The quantitative estimate of drug-likeness (QED) is 0.416. The number of alkyl halides is 2. The maximum Gasteiger partial charge on any atom is 0.0736 e. The van der Waals surface area contributed by atoms with E-state index in [0.29, 0.717) is 12.5 Å². The third-order valence-corrected chi connectivity index (χ3v) is 2.23. The second kappa shape index (κ2) is 6.92. The SMILES string of the molecule is C/C=C\C(Cl)C(CCl)CON. The van der Waals surface area contributed by atoms with Crippen LogP contribution < -0.4 is 5.90 Å². The van der Waals surface area contributed by atoms with Gasteiger partial charge in [0.25, 0.3) is 0 Å². The third-order valence-electron chi connectivity index (χ3n) is 1.34. The molecule has 0 heterocycles. The Morgan fingerprint density at radius 3 is 2.64 bits per heavy atom. The molecule has 0 saturated carbocycles. The van der Waals surface area contributed by atoms with E-state index in [0.717, 1.165) is 0 Å². The Labute approximate surface area is 77.3 Å². The van der Waals surface area contributed by atoms with Crippen molar-refractivity contribution >= 4 is 23.2 Å². The molecule has 0 fully saturated rings. The maximum absolute atomic E-state index is 5.92. The van der Waals surface area contributed by atoms with Crippen molar-refractivity contribution in [1.29, 1.82) is 0 Å². The molecule has 11 heavy (non-hydrogen) atoms. The highest BCUT2D eigenvalue weighted by Crippen LogP contribution is 2.14. The van der Waals surface area contributed by atoms with Crippen molar-refractivity contribution in [3.05, 3.63) is 12.2 Å². The van der Waals surface area contributed by atoms with E-state index in [1.807, 2.05) is 19.1 Å². The molecule has 2 N–H and O–H groups in total. The molecule has 0 aromatic carbocycles. The molecule has 0 aromatic rings. The maximum atomic E-state index is 5.92. The third kappa shape index (κ3) is 4.64. The molecule has 2 nitrogen and oxygen atoms in total. The van der Waals surface area contributed by atoms with Crippen molar-refractivity contribution in [2.24, 2.45) is 11.8 Å². The molecule has 0 saturated heterocycles. The van der Waals surface area contributed by atoms with Crippen LogP contribution in [0.2, 0.25) is 0 Å². The Morgan fingerprint density at radius 2 is 2.27 bits per heavy atom. The molecule has 0 rings (SSSR count). The second-order valence-corrected chi connectivity index (χ2v) is 3.03. The first-order chi connectivity index (χ1) is 5.26. The summed E-state index contributed by atoms with van der Waals surface area (Å²) in [6, 6.07) is 0. The number of allylic oxidation sites excluding steroid dienone is 2. The summed E-state index contributed by atoms with van der Waals surface area (Å²) in [5, 5.41) is -0.0963. The van der Waals surface area contributed by atoms with Gasteiger partial charge < -0.3 is 4.84 Å². The highest BCUT2D eigenvalue weighted by molar-refractivity contribution is 6.23. The van der Waals surface area contributed by atoms with Crippen LogP contribution in [-0.2, 0) is 4.84 Å². The first-order valence-corrected chi connectivity index (χ1v) is 4.37. The number of halogens is 2. The number of nitrogens with two attached hydrogens (primary N) is 1. The van der Waals surface area contributed by atoms with Gasteiger partial charge in [0.15, 0.2) is 0 Å². The van der Waals surface area contributed by atoms with Crippen molar-refractivity contribution < 1.29 is 4.84 Å². The van der Waals surface area contributed by atoms with Gasteiger partial charge in [0.2, 0.25) is 0 Å². The van der Waals surface area contributed by atoms with Crippen LogP contribution in [0.4, 0.5) is 0 Å². The first kappa shape index (κ1) is 11.2. The van der Waals surface area contributed by atoms with Crippen LogP contribution in [-0.4, -0.2) is 17.9 Å². The molecule has 2 atom stereocenters. The fraction of sp³-hybridized carbons (Fsp3) is 0.714. The summed E-state index contributed by atoms with van der Waals surface area (Å²) >= 11 is 11.5. The van der Waals surface area contributed by atoms with Crippen LogP contribution in [0.1, 0.15) is 6.92 Å². The highest BCUT2D eigenvalue weighted by atomic mass is 35.5. The molecule has 0 amide bonds. The van der Waals surface area contributed by atoms with Crippen LogP contribution in [0.3, 0.4) is 0 Å². The van der Waals surface area contributed by atoms with Gasteiger partial charge in [-0.25, -0.2) is 5.90 Å². The smallest absolute Gasteiger partial charge is 0.0736 e. The number of hydrogen-bond donors (Lipinski definition) is 1. The Bertz CT molecular complexity index is 119. The lowest BCUT2D eigenvalue weighted by Gasteiger charge is -2.14. The molecule has 66 valence electrons. The molecular formula is C7H13Cl2NO. The van der Waals surface area contributed by atoms with Gasteiger partial charge in [-0.1, -0.05) is 12.2 Å². The molecule has 0 aliphatic heterocycles. The van der Waals surface area contributed by atoms with Crippen LogP contribution >= 0.6 is 23.2 Å². The standard InChI is InChI=1S/C7H13Cl2NO/c1-2-3-7(9)6(4-8)5-11-10/h2-3,6-7H,4-5,10H2,1H3/b3-2-. The molecule has 0 radical (unpaired) electrons. The van der Waals surface area contributed by atoms with Crippen molar-refractivity contribution in [2.45, 2.75) is 12.3 Å². The minimum atomic E-state index is -0.0963. The number of rotatable bonds is 5. The van der Waals surface area contributed by atoms with Gasteiger partial charge in [-0.15, -0.1) is 23.2 Å². The summed E-state index contributed by atoms with van der Waals surface area (Å²) in [6.07, 6.45) is 3.75. The average Bonchev–Trinajstić information content (AvgIpc) is 2.00. The van der Waals surface area contributed by atoms with Gasteiger partial charge in [0.05, 0.1) is 12.0 Å². The Kier molecular flexibility index (Phi) is 7.07. The van der Waals surface area contributed by atoms with Crippen LogP contribution in [0.25, 0.3) is 0 Å². The summed E-state index contributed by atoms with van der Waals surface area (Å²) in [5.74, 6) is 5.43. The fourth-order valence-corrected chi connectivity index (χ4v) is 1.37. The van der Waals surface area contributed by atoms with E-state index in [4.69, 9.17) is 29.1 Å². The summed E-state index contributed by atoms with van der Waals surface area (Å²) in [4.78, 5) is 4.46. The highest BCUT2D eigenvalue weighted by Gasteiger charge is 2.15. The Morgan fingerprint density at radius 1 is 1.64 bits per heavy atom. The van der Waals surface area contributed by atoms with Crippen LogP contribution in [0.5, 0.6) is 0 Å². The molecule has 0 aliphatic carbocycles. The van der Waals surface area contributed by atoms with Crippen molar-refractivity contribution in [2.75, 3.05) is 12.5 Å². The summed E-state index contributed by atoms with van der Waals surface area (Å²) in [6.45, 7) is 2.30. The molecule has 2 unspecified atom stereocenters. The van der Waals surface area contributed by atoms with E-state index in [-0.39, 0.29) is 11.3 Å². The largest absolute Gasteiger partial charge is 0.304 e. The lowest BCUT2D eigenvalue weighted by atomic mass is 10.1. The second-order valence-electron chi connectivity index (χ2n) is 2.22. The lowest BCUT2D eigenvalue weighted by Crippen LogP contribution is -2.22. The molecule has 0 aromatic heterocycles. The average molecular weight is 198 g/mol. The van der Waals surface area contributed by atoms with E-state index in [1.165, 1.54) is 0 Å². The van der Waals surface area contributed by atoms with Gasteiger partial charge in [-0.3, -0.25) is 0 Å². The van der Waals surface area contributed by atoms with Crippen LogP contribution in [0, 0.1) is 5.92 Å². The summed E-state index contributed by atoms with van der Waals surface area (Å²) in [7, 11) is 0. The summed E-state index contributed by atoms with van der Waals surface area (Å²) in [5.41, 5.74) is 0.